The molecule has 0 bridgehead atoms. The Bertz CT molecular complexity index is 818. The molecule has 0 saturated heterocycles. The van der Waals surface area contributed by atoms with Gasteiger partial charge in [-0.15, -0.1) is 0 Å². The van der Waals surface area contributed by atoms with Crippen molar-refractivity contribution in [1.82, 2.24) is 0 Å². The predicted octanol–water partition coefficient (Wildman–Crippen LogP) is 3.74. The Morgan fingerprint density at radius 3 is 2.65 bits per heavy atom. The summed E-state index contributed by atoms with van der Waals surface area (Å²) in [7, 11) is 0. The van der Waals surface area contributed by atoms with Crippen molar-refractivity contribution in [1.29, 1.82) is 0 Å². The van der Waals surface area contributed by atoms with E-state index >= 15 is 0 Å². The summed E-state index contributed by atoms with van der Waals surface area (Å²) >= 11 is 0. The molecule has 0 radical (unpaired) electrons. The van der Waals surface area contributed by atoms with Crippen molar-refractivity contribution in [2.45, 2.75) is 26.8 Å². The number of nitrogens with zero attached hydrogens (tertiary/aromatic N) is 1. The maximum absolute atomic E-state index is 13.1. The molecule has 0 unspecified atom stereocenters. The number of halogens is 1. The van der Waals surface area contributed by atoms with E-state index in [0.717, 1.165) is 5.56 Å². The average Bonchev–Trinajstić information content (AvgIpc) is 2.58. The maximum atomic E-state index is 13.1. The van der Waals surface area contributed by atoms with Gasteiger partial charge in [-0.2, -0.15) is 0 Å². The van der Waals surface area contributed by atoms with Crippen molar-refractivity contribution in [2.24, 2.45) is 5.92 Å². The van der Waals surface area contributed by atoms with Gasteiger partial charge in [0, 0.05) is 18.2 Å². The van der Waals surface area contributed by atoms with Crippen LogP contribution in [-0.2, 0) is 16.1 Å². The number of fused-ring (bicyclic) bond motifs is 1. The lowest BCUT2D eigenvalue weighted by atomic mass is 10.1. The van der Waals surface area contributed by atoms with Crippen molar-refractivity contribution in [3.05, 3.63) is 53.8 Å². The molecule has 26 heavy (non-hydrogen) atoms. The fraction of sp³-hybridized carbons (Fsp3) is 0.300. The van der Waals surface area contributed by atoms with Crippen molar-refractivity contribution in [2.75, 3.05) is 16.8 Å². The quantitative estimate of drug-likeness (QED) is 0.888. The number of nitrogens with one attached hydrogen (secondary N) is 1. The number of carbonyl (C=O) groups is 2. The van der Waals surface area contributed by atoms with E-state index in [-0.39, 0.29) is 30.2 Å². The summed E-state index contributed by atoms with van der Waals surface area (Å²) in [5.74, 6) is 0.263. The fourth-order valence-electron chi connectivity index (χ4n) is 2.81. The summed E-state index contributed by atoms with van der Waals surface area (Å²) in [6.45, 7) is 4.22. The number of ether oxygens (including phenoxy) is 1. The van der Waals surface area contributed by atoms with Crippen LogP contribution in [0.2, 0.25) is 0 Å². The first-order chi connectivity index (χ1) is 12.4. The number of benzene rings is 2. The summed E-state index contributed by atoms with van der Waals surface area (Å²) in [6.07, 6.45) is 0.438. The molecular formula is C20H21FN2O3. The molecule has 2 aromatic rings. The van der Waals surface area contributed by atoms with Gasteiger partial charge in [-0.3, -0.25) is 9.59 Å². The van der Waals surface area contributed by atoms with Crippen LogP contribution in [0.25, 0.3) is 0 Å². The second-order valence-corrected chi connectivity index (χ2v) is 6.72. The second-order valence-electron chi connectivity index (χ2n) is 6.72. The summed E-state index contributed by atoms with van der Waals surface area (Å²) in [6, 6.07) is 11.3. The SMILES string of the molecule is CC(C)CC(=O)Nc1ccc2c(c1)OCC(=O)N2Cc1ccc(F)cc1. The number of hydrogen-bond donors (Lipinski definition) is 1. The zero-order valence-corrected chi connectivity index (χ0v) is 14.8. The van der Waals surface area contributed by atoms with E-state index in [2.05, 4.69) is 5.32 Å². The van der Waals surface area contributed by atoms with Crippen LogP contribution in [0.4, 0.5) is 15.8 Å². The molecule has 1 aliphatic rings. The molecule has 0 aromatic heterocycles. The molecule has 6 heteroatoms. The van der Waals surface area contributed by atoms with Crippen LogP contribution in [0.5, 0.6) is 5.75 Å². The number of carbonyl (C=O) groups excluding carboxylic acids is 2. The third kappa shape index (κ3) is 4.20. The summed E-state index contributed by atoms with van der Waals surface area (Å²) in [4.78, 5) is 25.8. The molecule has 1 heterocycles. The Morgan fingerprint density at radius 2 is 1.96 bits per heavy atom. The Kier molecular flexibility index (Phi) is 5.21. The van der Waals surface area contributed by atoms with Crippen molar-refractivity contribution >= 4 is 23.2 Å². The monoisotopic (exact) mass is 356 g/mol. The van der Waals surface area contributed by atoms with Crippen molar-refractivity contribution in [3.8, 4) is 5.75 Å². The van der Waals surface area contributed by atoms with Crippen LogP contribution in [-0.4, -0.2) is 18.4 Å². The van der Waals surface area contributed by atoms with Gasteiger partial charge < -0.3 is 15.0 Å². The van der Waals surface area contributed by atoms with Gasteiger partial charge in [0.05, 0.1) is 12.2 Å². The Morgan fingerprint density at radius 1 is 1.23 bits per heavy atom. The molecular weight excluding hydrogens is 335 g/mol. The van der Waals surface area contributed by atoms with Gasteiger partial charge in [0.15, 0.2) is 6.61 Å². The highest BCUT2D eigenvalue weighted by molar-refractivity contribution is 5.99. The first kappa shape index (κ1) is 17.9. The van der Waals surface area contributed by atoms with Gasteiger partial charge in [-0.05, 0) is 35.7 Å². The molecule has 0 fully saturated rings. The fourth-order valence-corrected chi connectivity index (χ4v) is 2.81. The van der Waals surface area contributed by atoms with Gasteiger partial charge in [0.1, 0.15) is 11.6 Å². The minimum Gasteiger partial charge on any atom is -0.481 e. The van der Waals surface area contributed by atoms with Crippen LogP contribution in [0.15, 0.2) is 42.5 Å². The first-order valence-corrected chi connectivity index (χ1v) is 8.54. The van der Waals surface area contributed by atoms with Crippen molar-refractivity contribution in [3.63, 3.8) is 0 Å². The van der Waals surface area contributed by atoms with Gasteiger partial charge in [-0.1, -0.05) is 26.0 Å². The lowest BCUT2D eigenvalue weighted by molar-refractivity contribution is -0.121. The topological polar surface area (TPSA) is 58.6 Å². The number of amides is 2. The lowest BCUT2D eigenvalue weighted by Gasteiger charge is -2.30. The highest BCUT2D eigenvalue weighted by atomic mass is 19.1. The standard InChI is InChI=1S/C20H21FN2O3/c1-13(2)9-19(24)22-16-7-8-17-18(10-16)26-12-20(25)23(17)11-14-3-5-15(21)6-4-14/h3-8,10,13H,9,11-12H2,1-2H3,(H,22,24). The van der Waals surface area contributed by atoms with Crippen LogP contribution >= 0.6 is 0 Å². The third-order valence-electron chi connectivity index (χ3n) is 4.03. The lowest BCUT2D eigenvalue weighted by Crippen LogP contribution is -2.38. The molecule has 3 rings (SSSR count). The highest BCUT2D eigenvalue weighted by Gasteiger charge is 2.26. The largest absolute Gasteiger partial charge is 0.481 e. The van der Waals surface area contributed by atoms with Gasteiger partial charge in [-0.25, -0.2) is 4.39 Å². The van der Waals surface area contributed by atoms with E-state index in [1.807, 2.05) is 13.8 Å². The van der Waals surface area contributed by atoms with Crippen LogP contribution < -0.4 is 15.0 Å². The van der Waals surface area contributed by atoms with E-state index in [0.29, 0.717) is 30.1 Å². The molecule has 0 saturated carbocycles. The van der Waals surface area contributed by atoms with Gasteiger partial charge in [0.25, 0.3) is 5.91 Å². The van der Waals surface area contributed by atoms with Crippen LogP contribution in [0.3, 0.4) is 0 Å². The second kappa shape index (κ2) is 7.56. The van der Waals surface area contributed by atoms with E-state index in [4.69, 9.17) is 4.74 Å². The molecule has 5 nitrogen and oxygen atoms in total. The summed E-state index contributed by atoms with van der Waals surface area (Å²) in [5.41, 5.74) is 2.08. The first-order valence-electron chi connectivity index (χ1n) is 8.54. The highest BCUT2D eigenvalue weighted by Crippen LogP contribution is 2.35. The summed E-state index contributed by atoms with van der Waals surface area (Å²) in [5, 5.41) is 2.84. The van der Waals surface area contributed by atoms with E-state index in [1.54, 1.807) is 35.2 Å². The van der Waals surface area contributed by atoms with Gasteiger partial charge >= 0.3 is 0 Å². The van der Waals surface area contributed by atoms with E-state index in [1.165, 1.54) is 12.1 Å². The summed E-state index contributed by atoms with van der Waals surface area (Å²) < 4.78 is 18.6. The zero-order chi connectivity index (χ0) is 18.7. The van der Waals surface area contributed by atoms with Crippen LogP contribution in [0.1, 0.15) is 25.8 Å². The molecule has 0 atom stereocenters. The molecule has 0 spiro atoms. The van der Waals surface area contributed by atoms with E-state index < -0.39 is 0 Å². The van der Waals surface area contributed by atoms with Crippen LogP contribution in [0, 0.1) is 11.7 Å². The predicted molar refractivity (Wildman–Crippen MR) is 97.6 cm³/mol. The third-order valence-corrected chi connectivity index (χ3v) is 4.03. The van der Waals surface area contributed by atoms with Gasteiger partial charge in [0.2, 0.25) is 5.91 Å². The number of hydrogen-bond acceptors (Lipinski definition) is 3. The Balaban J connectivity index is 1.79. The van der Waals surface area contributed by atoms with Crippen molar-refractivity contribution < 1.29 is 18.7 Å². The molecule has 2 amide bonds. The minimum absolute atomic E-state index is 0.0602. The normalized spacial score (nSPS) is 13.4. The molecule has 2 aromatic carbocycles. The molecule has 136 valence electrons. The smallest absolute Gasteiger partial charge is 0.265 e. The Hall–Kier alpha value is -2.89. The minimum atomic E-state index is -0.316. The molecule has 0 aliphatic carbocycles. The maximum Gasteiger partial charge on any atom is 0.265 e. The Labute approximate surface area is 151 Å². The molecule has 1 N–H and O–H groups in total. The van der Waals surface area contributed by atoms with E-state index in [9.17, 15) is 14.0 Å². The number of anilines is 2. The number of rotatable bonds is 5. The average molecular weight is 356 g/mol. The zero-order valence-electron chi connectivity index (χ0n) is 14.8. The molecule has 1 aliphatic heterocycles.